The Balaban J connectivity index is 1.65. The van der Waals surface area contributed by atoms with Crippen molar-refractivity contribution >= 4 is 12.0 Å². The zero-order valence-corrected chi connectivity index (χ0v) is 14.2. The van der Waals surface area contributed by atoms with Gasteiger partial charge in [0.15, 0.2) is 0 Å². The van der Waals surface area contributed by atoms with Crippen molar-refractivity contribution in [1.29, 1.82) is 0 Å². The minimum absolute atomic E-state index is 0.257. The third kappa shape index (κ3) is 4.36. The highest BCUT2D eigenvalue weighted by molar-refractivity contribution is 5.91. The highest BCUT2D eigenvalue weighted by Crippen LogP contribution is 2.24. The molecule has 2 aromatic carbocycles. The number of imidazole rings is 1. The monoisotopic (exact) mass is 351 g/mol. The molecule has 0 fully saturated rings. The first-order chi connectivity index (χ1) is 12.7. The molecule has 1 heterocycles. The maximum Gasteiger partial charge on any atom is 0.244 e. The van der Waals surface area contributed by atoms with Gasteiger partial charge in [-0.05, 0) is 41.5 Å². The summed E-state index contributed by atoms with van der Waals surface area (Å²) in [5.74, 6) is 0.0922. The Morgan fingerprint density at radius 1 is 1.31 bits per heavy atom. The summed E-state index contributed by atoms with van der Waals surface area (Å²) in [5.41, 5.74) is 2.39. The Kier molecular flexibility index (Phi) is 5.43. The second-order valence-electron chi connectivity index (χ2n) is 5.58. The van der Waals surface area contributed by atoms with Gasteiger partial charge in [0.05, 0.1) is 19.1 Å². The molecule has 1 amide bonds. The van der Waals surface area contributed by atoms with Crippen molar-refractivity contribution in [1.82, 2.24) is 14.9 Å². The van der Waals surface area contributed by atoms with Crippen molar-refractivity contribution in [3.05, 3.63) is 84.2 Å². The Morgan fingerprint density at radius 3 is 2.92 bits per heavy atom. The van der Waals surface area contributed by atoms with Crippen LogP contribution in [-0.4, -0.2) is 22.6 Å². The lowest BCUT2D eigenvalue weighted by Gasteiger charge is -2.09. The van der Waals surface area contributed by atoms with Crippen LogP contribution in [0.2, 0.25) is 0 Å². The molecule has 5 nitrogen and oxygen atoms in total. The molecule has 1 aromatic heterocycles. The van der Waals surface area contributed by atoms with Crippen LogP contribution in [-0.2, 0) is 11.3 Å². The lowest BCUT2D eigenvalue weighted by atomic mass is 10.1. The van der Waals surface area contributed by atoms with Gasteiger partial charge in [-0.15, -0.1) is 0 Å². The maximum atomic E-state index is 13.1. The largest absolute Gasteiger partial charge is 0.495 e. The van der Waals surface area contributed by atoms with Crippen LogP contribution in [0.1, 0.15) is 11.1 Å². The summed E-state index contributed by atoms with van der Waals surface area (Å²) in [6.07, 6.45) is 8.34. The summed E-state index contributed by atoms with van der Waals surface area (Å²) >= 11 is 0. The van der Waals surface area contributed by atoms with E-state index in [0.29, 0.717) is 11.3 Å². The molecule has 0 spiro atoms. The molecule has 0 saturated carbocycles. The van der Waals surface area contributed by atoms with Gasteiger partial charge >= 0.3 is 0 Å². The minimum atomic E-state index is -0.322. The minimum Gasteiger partial charge on any atom is -0.495 e. The highest BCUT2D eigenvalue weighted by atomic mass is 19.1. The van der Waals surface area contributed by atoms with Crippen molar-refractivity contribution in [2.24, 2.45) is 0 Å². The van der Waals surface area contributed by atoms with E-state index in [1.807, 2.05) is 29.0 Å². The molecule has 0 radical (unpaired) electrons. The van der Waals surface area contributed by atoms with Crippen molar-refractivity contribution < 1.29 is 13.9 Å². The first-order valence-corrected chi connectivity index (χ1v) is 8.02. The lowest BCUT2D eigenvalue weighted by Crippen LogP contribution is -2.20. The molecule has 132 valence electrons. The quantitative estimate of drug-likeness (QED) is 0.693. The first kappa shape index (κ1) is 17.4. The average molecular weight is 351 g/mol. The van der Waals surface area contributed by atoms with Gasteiger partial charge in [-0.25, -0.2) is 9.37 Å². The van der Waals surface area contributed by atoms with Crippen molar-refractivity contribution in [2.75, 3.05) is 7.11 Å². The lowest BCUT2D eigenvalue weighted by molar-refractivity contribution is -0.116. The number of nitrogens with zero attached hydrogens (tertiary/aromatic N) is 2. The molecule has 26 heavy (non-hydrogen) atoms. The summed E-state index contributed by atoms with van der Waals surface area (Å²) in [5, 5.41) is 2.72. The van der Waals surface area contributed by atoms with E-state index in [1.165, 1.54) is 18.2 Å². The van der Waals surface area contributed by atoms with E-state index in [0.717, 1.165) is 11.3 Å². The van der Waals surface area contributed by atoms with Gasteiger partial charge in [0.25, 0.3) is 0 Å². The molecule has 6 heteroatoms. The number of hydrogen-bond acceptors (Lipinski definition) is 3. The molecule has 3 aromatic rings. The number of hydrogen-bond donors (Lipinski definition) is 1. The first-order valence-electron chi connectivity index (χ1n) is 8.02. The van der Waals surface area contributed by atoms with Crippen molar-refractivity contribution in [3.63, 3.8) is 0 Å². The number of carbonyl (C=O) groups excluding carboxylic acids is 1. The number of nitrogens with one attached hydrogen (secondary N) is 1. The molecule has 0 saturated heterocycles. The maximum absolute atomic E-state index is 13.1. The number of aromatic nitrogens is 2. The molecule has 0 aliphatic heterocycles. The molecule has 0 atom stereocenters. The standard InChI is InChI=1S/C20H18FN3O2/c1-26-19-12-15(5-7-18(19)24-10-9-22-14-24)6-8-20(25)23-13-16-3-2-4-17(21)11-16/h2-12,14H,13H2,1H3,(H,23,25)/b8-6+. The molecule has 0 unspecified atom stereocenters. The number of benzene rings is 2. The van der Waals surface area contributed by atoms with E-state index in [-0.39, 0.29) is 18.3 Å². The van der Waals surface area contributed by atoms with Crippen LogP contribution >= 0.6 is 0 Å². The fourth-order valence-electron chi connectivity index (χ4n) is 2.48. The number of methoxy groups -OCH3 is 1. The Hall–Kier alpha value is -3.41. The van der Waals surface area contributed by atoms with Gasteiger partial charge in [-0.1, -0.05) is 18.2 Å². The molecule has 0 aliphatic rings. The summed E-state index contributed by atoms with van der Waals surface area (Å²) in [7, 11) is 1.59. The van der Waals surface area contributed by atoms with E-state index in [2.05, 4.69) is 10.3 Å². The molecule has 0 bridgehead atoms. The summed E-state index contributed by atoms with van der Waals surface area (Å²) in [4.78, 5) is 16.0. The summed E-state index contributed by atoms with van der Waals surface area (Å²) < 4.78 is 20.4. The molecule has 3 rings (SSSR count). The Labute approximate surface area is 150 Å². The smallest absolute Gasteiger partial charge is 0.244 e. The van der Waals surface area contributed by atoms with E-state index in [4.69, 9.17) is 4.74 Å². The Morgan fingerprint density at radius 2 is 2.19 bits per heavy atom. The van der Waals surface area contributed by atoms with Crippen LogP contribution in [0.15, 0.2) is 67.3 Å². The van der Waals surface area contributed by atoms with Crippen LogP contribution in [0.3, 0.4) is 0 Å². The number of amides is 1. The van der Waals surface area contributed by atoms with Crippen LogP contribution in [0.25, 0.3) is 11.8 Å². The van der Waals surface area contributed by atoms with Gasteiger partial charge in [0, 0.05) is 25.0 Å². The zero-order chi connectivity index (χ0) is 18.4. The predicted molar refractivity (Wildman–Crippen MR) is 97.4 cm³/mol. The van der Waals surface area contributed by atoms with Crippen LogP contribution < -0.4 is 10.1 Å². The Bertz CT molecular complexity index is 921. The van der Waals surface area contributed by atoms with E-state index < -0.39 is 0 Å². The fourth-order valence-corrected chi connectivity index (χ4v) is 2.48. The SMILES string of the molecule is COc1cc(/C=C/C(=O)NCc2cccc(F)c2)ccc1-n1ccnc1. The number of carbonyl (C=O) groups is 1. The third-order valence-corrected chi connectivity index (χ3v) is 3.77. The van der Waals surface area contributed by atoms with Crippen molar-refractivity contribution in [3.8, 4) is 11.4 Å². The predicted octanol–water partition coefficient (Wildman–Crippen LogP) is 3.35. The zero-order valence-electron chi connectivity index (χ0n) is 14.2. The second-order valence-corrected chi connectivity index (χ2v) is 5.58. The molecular formula is C20H18FN3O2. The van der Waals surface area contributed by atoms with Crippen molar-refractivity contribution in [2.45, 2.75) is 6.54 Å². The van der Waals surface area contributed by atoms with Crippen LogP contribution in [0, 0.1) is 5.82 Å². The summed E-state index contributed by atoms with van der Waals surface area (Å²) in [6.45, 7) is 0.268. The summed E-state index contributed by atoms with van der Waals surface area (Å²) in [6, 6.07) is 11.7. The van der Waals surface area contributed by atoms with Gasteiger partial charge < -0.3 is 14.6 Å². The van der Waals surface area contributed by atoms with Crippen LogP contribution in [0.4, 0.5) is 4.39 Å². The van der Waals surface area contributed by atoms with E-state index in [9.17, 15) is 9.18 Å². The number of rotatable bonds is 6. The molecule has 1 N–H and O–H groups in total. The highest BCUT2D eigenvalue weighted by Gasteiger charge is 2.05. The average Bonchev–Trinajstić information content (AvgIpc) is 3.19. The number of halogens is 1. The van der Waals surface area contributed by atoms with Crippen LogP contribution in [0.5, 0.6) is 5.75 Å². The topological polar surface area (TPSA) is 56.1 Å². The van der Waals surface area contributed by atoms with Gasteiger partial charge in [0.2, 0.25) is 5.91 Å². The number of ether oxygens (including phenoxy) is 1. The second kappa shape index (κ2) is 8.11. The normalized spacial score (nSPS) is 10.8. The fraction of sp³-hybridized carbons (Fsp3) is 0.100. The van der Waals surface area contributed by atoms with E-state index in [1.54, 1.807) is 37.8 Å². The third-order valence-electron chi connectivity index (χ3n) is 3.77. The molecular weight excluding hydrogens is 333 g/mol. The van der Waals surface area contributed by atoms with E-state index >= 15 is 0 Å². The van der Waals surface area contributed by atoms with Gasteiger partial charge in [0.1, 0.15) is 11.6 Å². The molecule has 0 aliphatic carbocycles. The van der Waals surface area contributed by atoms with Gasteiger partial charge in [-0.3, -0.25) is 4.79 Å². The van der Waals surface area contributed by atoms with Gasteiger partial charge in [-0.2, -0.15) is 0 Å².